The smallest absolute Gasteiger partial charge is 0.253 e. The van der Waals surface area contributed by atoms with E-state index in [4.69, 9.17) is 11.5 Å². The molecule has 0 aromatic heterocycles. The van der Waals surface area contributed by atoms with E-state index in [0.29, 0.717) is 42.3 Å². The molecule has 6 N–H and O–H groups in total. The summed E-state index contributed by atoms with van der Waals surface area (Å²) in [5.41, 5.74) is 12.3. The van der Waals surface area contributed by atoms with Gasteiger partial charge in [-0.05, 0) is 73.5 Å². The highest BCUT2D eigenvalue weighted by Gasteiger charge is 2.34. The first-order chi connectivity index (χ1) is 14.2. The van der Waals surface area contributed by atoms with Gasteiger partial charge in [-0.2, -0.15) is 0 Å². The Hall–Kier alpha value is -2.45. The molecule has 0 unspecified atom stereocenters. The van der Waals surface area contributed by atoms with E-state index >= 15 is 0 Å². The Kier molecular flexibility index (Phi) is 6.77. The van der Waals surface area contributed by atoms with Gasteiger partial charge in [0.2, 0.25) is 0 Å². The number of benzene rings is 2. The summed E-state index contributed by atoms with van der Waals surface area (Å²) in [4.78, 5) is 15.2. The van der Waals surface area contributed by atoms with Crippen molar-refractivity contribution >= 4 is 34.9 Å². The highest BCUT2D eigenvalue weighted by Crippen LogP contribution is 2.32. The molecule has 1 heterocycles. The lowest BCUT2D eigenvalue weighted by atomic mass is 9.84. The number of halogens is 1. The Bertz CT molecular complexity index is 897. The summed E-state index contributed by atoms with van der Waals surface area (Å²) in [7, 11) is 0. The van der Waals surface area contributed by atoms with Crippen molar-refractivity contribution in [1.82, 2.24) is 4.90 Å². The maximum atomic E-state index is 13.4. The first kappa shape index (κ1) is 22.2. The molecule has 2 aromatic carbocycles. The van der Waals surface area contributed by atoms with Crippen LogP contribution in [-0.4, -0.2) is 34.6 Å². The Morgan fingerprint density at radius 1 is 1.17 bits per heavy atom. The highest BCUT2D eigenvalue weighted by atomic mass is 32.2. The quantitative estimate of drug-likeness (QED) is 0.404. The molecule has 6 nitrogen and oxygen atoms in total. The van der Waals surface area contributed by atoms with Crippen LogP contribution in [0.3, 0.4) is 0 Å². The number of nitrogen functional groups attached to an aromatic ring is 2. The second kappa shape index (κ2) is 9.14. The van der Waals surface area contributed by atoms with Crippen LogP contribution < -0.4 is 16.2 Å². The summed E-state index contributed by atoms with van der Waals surface area (Å²) in [5, 5.41) is 10.7. The number of nitrogens with one attached hydrogen (secondary N) is 1. The van der Waals surface area contributed by atoms with Gasteiger partial charge >= 0.3 is 0 Å². The fraction of sp³-hybridized carbons (Fsp3) is 0.409. The zero-order valence-corrected chi connectivity index (χ0v) is 18.1. The third kappa shape index (κ3) is 5.17. The molecule has 0 radical (unpaired) electrons. The molecular weight excluding hydrogens is 403 g/mol. The van der Waals surface area contributed by atoms with Gasteiger partial charge in [0.25, 0.3) is 5.91 Å². The van der Waals surface area contributed by atoms with Crippen LogP contribution in [0.15, 0.2) is 41.3 Å². The number of carbonyl (C=O) groups excluding carboxylic acids is 1. The predicted octanol–water partition coefficient (Wildman–Crippen LogP) is 4.12. The van der Waals surface area contributed by atoms with Crippen LogP contribution in [-0.2, 0) is 0 Å². The average molecular weight is 433 g/mol. The third-order valence-corrected chi connectivity index (χ3v) is 6.29. The Morgan fingerprint density at radius 2 is 1.80 bits per heavy atom. The summed E-state index contributed by atoms with van der Waals surface area (Å²) in [5.74, 6) is -0.145. The van der Waals surface area contributed by atoms with E-state index in [0.717, 1.165) is 12.1 Å². The lowest BCUT2D eigenvalue weighted by molar-refractivity contribution is -0.0311. The first-order valence-electron chi connectivity index (χ1n) is 10.1. The number of nitrogens with two attached hydrogens (primary N) is 2. The second-order valence-corrected chi connectivity index (χ2v) is 9.12. The number of nitrogens with zero attached hydrogens (tertiary/aromatic N) is 1. The number of hydrogen-bond donors (Lipinski definition) is 4. The standard InChI is InChI=1S/C22H29FN4O2S/c1-14(2)13-22(29)9-11-27(12-10-22)21(28)15-3-5-16(6-4-15)26-30-18-8-7-17(23)19(24)20(18)25/h3-8,14,26,29H,9-13,24-25H2,1-2H3. The van der Waals surface area contributed by atoms with Gasteiger partial charge in [0.05, 0.1) is 21.9 Å². The molecule has 1 fully saturated rings. The summed E-state index contributed by atoms with van der Waals surface area (Å²) < 4.78 is 16.5. The summed E-state index contributed by atoms with van der Waals surface area (Å²) in [6.45, 7) is 5.32. The molecule has 0 atom stereocenters. The zero-order chi connectivity index (χ0) is 21.9. The maximum Gasteiger partial charge on any atom is 0.253 e. The van der Waals surface area contributed by atoms with E-state index in [2.05, 4.69) is 18.6 Å². The normalized spacial score (nSPS) is 16.0. The van der Waals surface area contributed by atoms with Crippen molar-refractivity contribution in [2.45, 2.75) is 43.6 Å². The van der Waals surface area contributed by atoms with Gasteiger partial charge in [0, 0.05) is 24.3 Å². The summed E-state index contributed by atoms with van der Waals surface area (Å²) in [6, 6.07) is 9.99. The molecule has 2 aromatic rings. The van der Waals surface area contributed by atoms with Crippen LogP contribution in [0.25, 0.3) is 0 Å². The minimum absolute atomic E-state index is 0.0312. The molecule has 30 heavy (non-hydrogen) atoms. The molecule has 1 saturated heterocycles. The van der Waals surface area contributed by atoms with E-state index in [1.165, 1.54) is 18.0 Å². The van der Waals surface area contributed by atoms with Crippen LogP contribution in [0, 0.1) is 11.7 Å². The molecule has 8 heteroatoms. The Morgan fingerprint density at radius 3 is 2.40 bits per heavy atom. The molecular formula is C22H29FN4O2S. The number of hydrogen-bond acceptors (Lipinski definition) is 6. The van der Waals surface area contributed by atoms with Crippen molar-refractivity contribution in [1.29, 1.82) is 0 Å². The van der Waals surface area contributed by atoms with Crippen molar-refractivity contribution in [2.75, 3.05) is 29.3 Å². The second-order valence-electron chi connectivity index (χ2n) is 8.27. The molecule has 0 spiro atoms. The number of likely N-dealkylation sites (tertiary alicyclic amines) is 1. The van der Waals surface area contributed by atoms with Crippen LogP contribution in [0.2, 0.25) is 0 Å². The zero-order valence-electron chi connectivity index (χ0n) is 17.3. The van der Waals surface area contributed by atoms with Crippen LogP contribution >= 0.6 is 11.9 Å². The largest absolute Gasteiger partial charge is 0.396 e. The number of anilines is 3. The van der Waals surface area contributed by atoms with Crippen molar-refractivity contribution < 1.29 is 14.3 Å². The minimum Gasteiger partial charge on any atom is -0.396 e. The number of amides is 1. The number of aliphatic hydroxyl groups is 1. The van der Waals surface area contributed by atoms with E-state index in [1.54, 1.807) is 23.1 Å². The van der Waals surface area contributed by atoms with Crippen molar-refractivity contribution in [3.8, 4) is 0 Å². The topological polar surface area (TPSA) is 105 Å². The molecule has 0 saturated carbocycles. The Balaban J connectivity index is 1.57. The van der Waals surface area contributed by atoms with Gasteiger partial charge in [-0.25, -0.2) is 4.39 Å². The van der Waals surface area contributed by atoms with E-state index in [-0.39, 0.29) is 17.3 Å². The highest BCUT2D eigenvalue weighted by molar-refractivity contribution is 8.00. The average Bonchev–Trinajstić information content (AvgIpc) is 2.71. The van der Waals surface area contributed by atoms with E-state index < -0.39 is 11.4 Å². The van der Waals surface area contributed by atoms with Crippen molar-refractivity contribution in [3.05, 3.63) is 47.8 Å². The van der Waals surface area contributed by atoms with Gasteiger partial charge in [-0.15, -0.1) is 0 Å². The number of piperidine rings is 1. The van der Waals surface area contributed by atoms with E-state index in [9.17, 15) is 14.3 Å². The van der Waals surface area contributed by atoms with Crippen LogP contribution in [0.1, 0.15) is 43.5 Å². The van der Waals surface area contributed by atoms with Crippen molar-refractivity contribution in [3.63, 3.8) is 0 Å². The third-order valence-electron chi connectivity index (χ3n) is 5.37. The first-order valence-corrected chi connectivity index (χ1v) is 10.9. The van der Waals surface area contributed by atoms with Crippen LogP contribution in [0.4, 0.5) is 21.5 Å². The minimum atomic E-state index is -0.665. The van der Waals surface area contributed by atoms with Crippen molar-refractivity contribution in [2.24, 2.45) is 5.92 Å². The molecule has 3 rings (SSSR count). The summed E-state index contributed by atoms with van der Waals surface area (Å²) >= 11 is 1.23. The molecule has 1 aliphatic heterocycles. The fourth-order valence-corrected chi connectivity index (χ4v) is 4.47. The van der Waals surface area contributed by atoms with Gasteiger partial charge < -0.3 is 26.2 Å². The monoisotopic (exact) mass is 432 g/mol. The number of carbonyl (C=O) groups is 1. The molecule has 0 aliphatic carbocycles. The lowest BCUT2D eigenvalue weighted by Gasteiger charge is -2.39. The molecule has 1 aliphatic rings. The summed E-state index contributed by atoms with van der Waals surface area (Å²) in [6.07, 6.45) is 1.97. The van der Waals surface area contributed by atoms with Gasteiger partial charge in [0.15, 0.2) is 0 Å². The molecule has 1 amide bonds. The Labute approximate surface area is 181 Å². The van der Waals surface area contributed by atoms with Gasteiger partial charge in [0.1, 0.15) is 5.82 Å². The van der Waals surface area contributed by atoms with Crippen LogP contribution in [0.5, 0.6) is 0 Å². The molecule has 0 bridgehead atoms. The maximum absolute atomic E-state index is 13.4. The molecule has 162 valence electrons. The SMILES string of the molecule is CC(C)CC1(O)CCN(C(=O)c2ccc(NSc3ccc(F)c(N)c3N)cc2)CC1. The van der Waals surface area contributed by atoms with Gasteiger partial charge in [-0.3, -0.25) is 4.79 Å². The fourth-order valence-electron chi connectivity index (χ4n) is 3.75. The van der Waals surface area contributed by atoms with E-state index in [1.807, 2.05) is 12.1 Å². The lowest BCUT2D eigenvalue weighted by Crippen LogP contribution is -2.47. The predicted molar refractivity (Wildman–Crippen MR) is 121 cm³/mol. The van der Waals surface area contributed by atoms with Gasteiger partial charge in [-0.1, -0.05) is 13.8 Å². The number of rotatable bonds is 6.